The van der Waals surface area contributed by atoms with Crippen molar-refractivity contribution in [2.75, 3.05) is 11.1 Å². The zero-order chi connectivity index (χ0) is 17.7. The van der Waals surface area contributed by atoms with Crippen molar-refractivity contribution in [2.24, 2.45) is 5.73 Å². The van der Waals surface area contributed by atoms with Gasteiger partial charge in [-0.15, -0.1) is 0 Å². The molecule has 0 fully saturated rings. The molecule has 0 aliphatic carbocycles. The minimum Gasteiger partial charge on any atom is -0.390 e. The summed E-state index contributed by atoms with van der Waals surface area (Å²) < 4.78 is 1.51. The normalized spacial score (nSPS) is 10.6. The maximum absolute atomic E-state index is 12.1. The first-order chi connectivity index (χ1) is 11.4. The predicted molar refractivity (Wildman–Crippen MR) is 92.6 cm³/mol. The van der Waals surface area contributed by atoms with Crippen molar-refractivity contribution in [1.82, 2.24) is 9.55 Å². The first kappa shape index (κ1) is 18.0. The van der Waals surface area contributed by atoms with Gasteiger partial charge in [-0.2, -0.15) is 0 Å². The van der Waals surface area contributed by atoms with Gasteiger partial charge in [0.2, 0.25) is 11.8 Å². The molecular weight excluding hydrogens is 328 g/mol. The fourth-order valence-electron chi connectivity index (χ4n) is 2.16. The molecule has 2 aromatic rings. The molecule has 0 saturated heterocycles. The van der Waals surface area contributed by atoms with Crippen LogP contribution in [0.4, 0.5) is 5.69 Å². The largest absolute Gasteiger partial charge is 0.390 e. The number of anilines is 1. The number of hydrogen-bond donors (Lipinski definition) is 3. The SMILES string of the molecule is Cc1cccc(NC(=O)CSc2ncc(CO)n2CC(N)=O)c1C. The number of nitrogens with one attached hydrogen (secondary N) is 1. The molecule has 2 amide bonds. The molecule has 128 valence electrons. The van der Waals surface area contributed by atoms with E-state index in [0.717, 1.165) is 16.8 Å². The molecule has 1 heterocycles. The van der Waals surface area contributed by atoms with Crippen LogP contribution in [0.15, 0.2) is 29.6 Å². The summed E-state index contributed by atoms with van der Waals surface area (Å²) in [5.74, 6) is -0.578. The minimum absolute atomic E-state index is 0.0865. The number of aromatic nitrogens is 2. The monoisotopic (exact) mass is 348 g/mol. The van der Waals surface area contributed by atoms with Gasteiger partial charge in [-0.1, -0.05) is 23.9 Å². The number of amides is 2. The Morgan fingerprint density at radius 2 is 2.12 bits per heavy atom. The summed E-state index contributed by atoms with van der Waals surface area (Å²) in [5, 5.41) is 12.6. The molecule has 0 spiro atoms. The molecule has 2 rings (SSSR count). The zero-order valence-electron chi connectivity index (χ0n) is 13.6. The van der Waals surface area contributed by atoms with E-state index in [4.69, 9.17) is 5.73 Å². The zero-order valence-corrected chi connectivity index (χ0v) is 14.4. The van der Waals surface area contributed by atoms with Crippen LogP contribution in [0.5, 0.6) is 0 Å². The highest BCUT2D eigenvalue weighted by Gasteiger charge is 2.14. The molecule has 1 aromatic carbocycles. The van der Waals surface area contributed by atoms with Crippen molar-refractivity contribution >= 4 is 29.3 Å². The number of aryl methyl sites for hydroxylation is 1. The Balaban J connectivity index is 2.03. The molecule has 0 radical (unpaired) electrons. The van der Waals surface area contributed by atoms with Crippen LogP contribution in [-0.2, 0) is 22.7 Å². The first-order valence-electron chi connectivity index (χ1n) is 7.34. The Hall–Kier alpha value is -2.32. The number of rotatable bonds is 7. The number of nitrogens with zero attached hydrogens (tertiary/aromatic N) is 2. The number of aliphatic hydroxyl groups is 1. The van der Waals surface area contributed by atoms with Crippen molar-refractivity contribution in [3.63, 3.8) is 0 Å². The highest BCUT2D eigenvalue weighted by atomic mass is 32.2. The lowest BCUT2D eigenvalue weighted by molar-refractivity contribution is -0.118. The molecule has 1 aromatic heterocycles. The van der Waals surface area contributed by atoms with E-state index in [1.165, 1.54) is 22.5 Å². The van der Waals surface area contributed by atoms with Crippen LogP contribution in [0.3, 0.4) is 0 Å². The molecule has 8 heteroatoms. The number of nitrogens with two attached hydrogens (primary N) is 1. The fourth-order valence-corrected chi connectivity index (χ4v) is 2.96. The van der Waals surface area contributed by atoms with Gasteiger partial charge in [-0.3, -0.25) is 9.59 Å². The van der Waals surface area contributed by atoms with Crippen molar-refractivity contribution in [2.45, 2.75) is 32.2 Å². The van der Waals surface area contributed by atoms with Crippen molar-refractivity contribution in [3.8, 4) is 0 Å². The summed E-state index contributed by atoms with van der Waals surface area (Å²) in [6.45, 7) is 3.59. The van der Waals surface area contributed by atoms with Gasteiger partial charge in [0.25, 0.3) is 0 Å². The second-order valence-electron chi connectivity index (χ2n) is 5.33. The third kappa shape index (κ3) is 4.36. The van der Waals surface area contributed by atoms with Gasteiger partial charge in [0, 0.05) is 5.69 Å². The van der Waals surface area contributed by atoms with E-state index < -0.39 is 5.91 Å². The van der Waals surface area contributed by atoms with Crippen molar-refractivity contribution in [3.05, 3.63) is 41.2 Å². The van der Waals surface area contributed by atoms with Gasteiger partial charge in [0.15, 0.2) is 5.16 Å². The number of benzene rings is 1. The number of primary amides is 1. The Morgan fingerprint density at radius 3 is 2.79 bits per heavy atom. The Labute approximate surface area is 144 Å². The summed E-state index contributed by atoms with van der Waals surface area (Å²) in [6.07, 6.45) is 1.47. The summed E-state index contributed by atoms with van der Waals surface area (Å²) >= 11 is 1.18. The maximum Gasteiger partial charge on any atom is 0.237 e. The van der Waals surface area contributed by atoms with Crippen LogP contribution in [0.25, 0.3) is 0 Å². The molecule has 24 heavy (non-hydrogen) atoms. The lowest BCUT2D eigenvalue weighted by Crippen LogP contribution is -2.21. The summed E-state index contributed by atoms with van der Waals surface area (Å²) in [7, 11) is 0. The van der Waals surface area contributed by atoms with Gasteiger partial charge in [-0.25, -0.2) is 4.98 Å². The van der Waals surface area contributed by atoms with Crippen LogP contribution < -0.4 is 11.1 Å². The smallest absolute Gasteiger partial charge is 0.237 e. The second-order valence-corrected chi connectivity index (χ2v) is 6.27. The average molecular weight is 348 g/mol. The highest BCUT2D eigenvalue weighted by molar-refractivity contribution is 7.99. The van der Waals surface area contributed by atoms with E-state index in [0.29, 0.717) is 10.9 Å². The Bertz CT molecular complexity index is 758. The number of carbonyl (C=O) groups is 2. The number of carbonyl (C=O) groups excluding carboxylic acids is 2. The average Bonchev–Trinajstić information content (AvgIpc) is 2.91. The van der Waals surface area contributed by atoms with Gasteiger partial charge in [0.05, 0.1) is 24.3 Å². The third-order valence-corrected chi connectivity index (χ3v) is 4.58. The van der Waals surface area contributed by atoms with E-state index in [9.17, 15) is 14.7 Å². The topological polar surface area (TPSA) is 110 Å². The van der Waals surface area contributed by atoms with Gasteiger partial charge >= 0.3 is 0 Å². The lowest BCUT2D eigenvalue weighted by Gasteiger charge is -2.11. The highest BCUT2D eigenvalue weighted by Crippen LogP contribution is 2.21. The first-order valence-corrected chi connectivity index (χ1v) is 8.33. The molecule has 0 aliphatic rings. The molecular formula is C16H20N4O3S. The van der Waals surface area contributed by atoms with Gasteiger partial charge < -0.3 is 20.7 Å². The summed E-state index contributed by atoms with van der Waals surface area (Å²) in [4.78, 5) is 27.4. The summed E-state index contributed by atoms with van der Waals surface area (Å²) in [5.41, 5.74) is 8.58. The second kappa shape index (κ2) is 7.98. The van der Waals surface area contributed by atoms with Crippen molar-refractivity contribution < 1.29 is 14.7 Å². The van der Waals surface area contributed by atoms with Crippen LogP contribution in [-0.4, -0.2) is 32.2 Å². The number of aliphatic hydroxyl groups excluding tert-OH is 1. The van der Waals surface area contributed by atoms with Crippen molar-refractivity contribution in [1.29, 1.82) is 0 Å². The van der Waals surface area contributed by atoms with Crippen LogP contribution in [0, 0.1) is 13.8 Å². The molecule has 0 bridgehead atoms. The van der Waals surface area contributed by atoms with Crippen LogP contribution in [0.1, 0.15) is 16.8 Å². The molecule has 0 atom stereocenters. The van der Waals surface area contributed by atoms with E-state index in [1.807, 2.05) is 32.0 Å². The molecule has 4 N–H and O–H groups in total. The van der Waals surface area contributed by atoms with E-state index in [2.05, 4.69) is 10.3 Å². The Kier molecular flexibility index (Phi) is 5.99. The number of hydrogen-bond acceptors (Lipinski definition) is 5. The van der Waals surface area contributed by atoms with E-state index >= 15 is 0 Å². The predicted octanol–water partition coefficient (Wildman–Crippen LogP) is 1.21. The van der Waals surface area contributed by atoms with Crippen LogP contribution in [0.2, 0.25) is 0 Å². The molecule has 0 saturated carbocycles. The van der Waals surface area contributed by atoms with E-state index in [1.54, 1.807) is 0 Å². The number of imidazole rings is 1. The molecule has 7 nitrogen and oxygen atoms in total. The summed E-state index contributed by atoms with van der Waals surface area (Å²) in [6, 6.07) is 5.72. The third-order valence-electron chi connectivity index (χ3n) is 3.59. The fraction of sp³-hybridized carbons (Fsp3) is 0.312. The molecule has 0 aliphatic heterocycles. The standard InChI is InChI=1S/C16H20N4O3S/c1-10-4-3-5-13(11(10)2)19-15(23)9-24-16-18-6-12(8-21)20(16)7-14(17)22/h3-6,21H,7-9H2,1-2H3,(H2,17,22)(H,19,23). The maximum atomic E-state index is 12.1. The minimum atomic E-state index is -0.538. The van der Waals surface area contributed by atoms with Gasteiger partial charge in [-0.05, 0) is 31.0 Å². The van der Waals surface area contributed by atoms with E-state index in [-0.39, 0.29) is 24.8 Å². The van der Waals surface area contributed by atoms with Crippen LogP contribution >= 0.6 is 11.8 Å². The lowest BCUT2D eigenvalue weighted by atomic mass is 10.1. The number of thioether (sulfide) groups is 1. The molecule has 0 unspecified atom stereocenters. The quantitative estimate of drug-likeness (QED) is 0.652. The van der Waals surface area contributed by atoms with Gasteiger partial charge in [0.1, 0.15) is 6.54 Å². The Morgan fingerprint density at radius 1 is 1.38 bits per heavy atom.